The van der Waals surface area contributed by atoms with E-state index in [-0.39, 0.29) is 40.0 Å². The molecule has 8 rings (SSSR count). The number of primary sulfonamides is 2. The zero-order valence-electron chi connectivity index (χ0n) is 28.5. The van der Waals surface area contributed by atoms with E-state index in [9.17, 15) is 43.2 Å². The Labute approximate surface area is 321 Å². The number of benzene rings is 4. The van der Waals surface area contributed by atoms with Crippen LogP contribution in [-0.2, 0) is 38.8 Å². The molecule has 0 aliphatic carbocycles. The van der Waals surface area contributed by atoms with Crippen LogP contribution >= 0.6 is 0 Å². The maximum absolute atomic E-state index is 13.3. The van der Waals surface area contributed by atoms with E-state index >= 15 is 0 Å². The second kappa shape index (κ2) is 14.8. The van der Waals surface area contributed by atoms with Gasteiger partial charge in [0.2, 0.25) is 20.0 Å². The lowest BCUT2D eigenvalue weighted by Gasteiger charge is -2.10. The van der Waals surface area contributed by atoms with Gasteiger partial charge in [-0.15, -0.1) is 0 Å². The van der Waals surface area contributed by atoms with E-state index < -0.39 is 43.8 Å². The number of hydrogen-bond donors (Lipinski definition) is 4. The second-order valence-corrected chi connectivity index (χ2v) is 15.7. The third-order valence-corrected chi connectivity index (χ3v) is 10.6. The Morgan fingerprint density at radius 1 is 0.614 bits per heavy atom. The lowest BCUT2D eigenvalue weighted by molar-refractivity contribution is -0.142. The Morgan fingerprint density at radius 2 is 1.09 bits per heavy atom. The average molecular weight is 831 g/mol. The molecule has 0 spiro atoms. The third kappa shape index (κ3) is 8.58. The van der Waals surface area contributed by atoms with Crippen LogP contribution in [0.25, 0.3) is 44.8 Å². The molecule has 3 aromatic heterocycles. The van der Waals surface area contributed by atoms with Crippen molar-refractivity contribution >= 4 is 36.6 Å². The molecule has 12 nitrogen and oxygen atoms in total. The average Bonchev–Trinajstić information content (AvgIpc) is 3.95. The predicted octanol–water partition coefficient (Wildman–Crippen LogP) is 7.50. The van der Waals surface area contributed by atoms with Crippen molar-refractivity contribution in [1.82, 2.24) is 24.5 Å². The van der Waals surface area contributed by atoms with Gasteiger partial charge in [-0.2, -0.15) is 36.5 Å². The molecule has 0 bridgehead atoms. The highest BCUT2D eigenvalue weighted by atomic mass is 32.2. The maximum atomic E-state index is 13.3. The summed E-state index contributed by atoms with van der Waals surface area (Å²) in [5.74, 6) is 0. The van der Waals surface area contributed by atoms with Crippen molar-refractivity contribution in [3.05, 3.63) is 126 Å². The monoisotopic (exact) mass is 830 g/mol. The van der Waals surface area contributed by atoms with E-state index in [1.165, 1.54) is 48.5 Å². The number of nitrogens with two attached hydrogens (primary N) is 2. The minimum Gasteiger partial charge on any atom is -0.384 e. The summed E-state index contributed by atoms with van der Waals surface area (Å²) < 4.78 is 128. The number of nitrogens with zero attached hydrogens (tertiary/aromatic N) is 4. The number of rotatable bonds is 6. The number of nitrogens with one attached hydrogen (secondary N) is 2. The molecule has 298 valence electrons. The number of aromatic amines is 1. The van der Waals surface area contributed by atoms with Gasteiger partial charge in [0.1, 0.15) is 0 Å². The molecule has 1 aliphatic rings. The highest BCUT2D eigenvalue weighted by Gasteiger charge is 2.36. The summed E-state index contributed by atoms with van der Waals surface area (Å²) in [5.41, 5.74) is 2.90. The van der Waals surface area contributed by atoms with Gasteiger partial charge in [0, 0.05) is 40.5 Å². The van der Waals surface area contributed by atoms with Crippen LogP contribution in [0.5, 0.6) is 0 Å². The standard InChI is InChI=1S/C18H15F3N4O2S.C18H13F3N4O2S.CH4/c2*19-18(20,21)17-10-16(12-1-6-15-11(9-12)7-8-23-15)25(24-17)13-2-4-14(5-3-13)28(22,26)27;/h1-6,9-10,23H,7-8H2,(H2,22,26,27);1-10,23H,(H2,22,26,27);1H4. The van der Waals surface area contributed by atoms with E-state index in [2.05, 4.69) is 20.5 Å². The Morgan fingerprint density at radius 3 is 1.56 bits per heavy atom. The van der Waals surface area contributed by atoms with Gasteiger partial charge < -0.3 is 10.3 Å². The largest absolute Gasteiger partial charge is 0.435 e. The highest BCUT2D eigenvalue weighted by molar-refractivity contribution is 7.89. The van der Waals surface area contributed by atoms with Crippen molar-refractivity contribution in [1.29, 1.82) is 0 Å². The first-order chi connectivity index (χ1) is 26.3. The lowest BCUT2D eigenvalue weighted by Crippen LogP contribution is -2.12. The molecule has 0 saturated carbocycles. The summed E-state index contributed by atoms with van der Waals surface area (Å²) in [6.45, 7) is 0.779. The maximum Gasteiger partial charge on any atom is 0.435 e. The van der Waals surface area contributed by atoms with Crippen molar-refractivity contribution in [2.45, 2.75) is 36.0 Å². The molecule has 6 N–H and O–H groups in total. The normalized spacial score (nSPS) is 13.1. The van der Waals surface area contributed by atoms with Crippen molar-refractivity contribution in [3.63, 3.8) is 0 Å². The van der Waals surface area contributed by atoms with Crippen LogP contribution < -0.4 is 15.6 Å². The fourth-order valence-corrected chi connectivity index (χ4v) is 7.11. The summed E-state index contributed by atoms with van der Waals surface area (Å²) in [4.78, 5) is 2.74. The summed E-state index contributed by atoms with van der Waals surface area (Å²) in [6.07, 6.45) is -6.72. The van der Waals surface area contributed by atoms with Crippen molar-refractivity contribution in [2.24, 2.45) is 10.3 Å². The molecule has 1 aliphatic heterocycles. The smallest absolute Gasteiger partial charge is 0.384 e. The Kier molecular flexibility index (Phi) is 10.6. The minimum atomic E-state index is -4.63. The van der Waals surface area contributed by atoms with Crippen LogP contribution in [0.4, 0.5) is 32.0 Å². The van der Waals surface area contributed by atoms with Crippen LogP contribution in [0, 0.1) is 0 Å². The molecule has 0 fully saturated rings. The van der Waals surface area contributed by atoms with E-state index in [0.717, 1.165) is 56.6 Å². The lowest BCUT2D eigenvalue weighted by atomic mass is 10.1. The SMILES string of the molecule is C.NS(=O)(=O)c1ccc(-n2nc(C(F)(F)F)cc2-c2ccc3[nH]ccc3c2)cc1.NS(=O)(=O)c1ccc(-n2nc(C(F)(F)F)cc2-c2ccc3c(c2)CCN3)cc1. The quantitative estimate of drug-likeness (QED) is 0.125. The van der Waals surface area contributed by atoms with Gasteiger partial charge in [-0.3, -0.25) is 0 Å². The fraction of sp³-hybridized carbons (Fsp3) is 0.135. The predicted molar refractivity (Wildman–Crippen MR) is 202 cm³/mol. The number of hydrogen-bond acceptors (Lipinski definition) is 7. The number of fused-ring (bicyclic) bond motifs is 2. The minimum absolute atomic E-state index is 0. The van der Waals surface area contributed by atoms with Crippen LogP contribution in [0.2, 0.25) is 0 Å². The van der Waals surface area contributed by atoms with Crippen LogP contribution in [0.1, 0.15) is 24.4 Å². The molecule has 57 heavy (non-hydrogen) atoms. The second-order valence-electron chi connectivity index (χ2n) is 12.6. The molecule has 4 heterocycles. The van der Waals surface area contributed by atoms with Gasteiger partial charge >= 0.3 is 12.4 Å². The van der Waals surface area contributed by atoms with E-state index in [1.807, 2.05) is 18.2 Å². The number of alkyl halides is 6. The third-order valence-electron chi connectivity index (χ3n) is 8.78. The van der Waals surface area contributed by atoms with Gasteiger partial charge in [0.15, 0.2) is 11.4 Å². The molecule has 0 saturated heterocycles. The highest BCUT2D eigenvalue weighted by Crippen LogP contribution is 2.36. The van der Waals surface area contributed by atoms with Gasteiger partial charge in [-0.25, -0.2) is 36.5 Å². The Balaban J connectivity index is 0.000000189. The zero-order valence-corrected chi connectivity index (χ0v) is 30.1. The molecular weight excluding hydrogens is 799 g/mol. The van der Waals surface area contributed by atoms with Crippen molar-refractivity contribution in [2.75, 3.05) is 11.9 Å². The molecule has 0 radical (unpaired) electrons. The summed E-state index contributed by atoms with van der Waals surface area (Å²) >= 11 is 0. The molecule has 0 unspecified atom stereocenters. The molecular formula is C37H32F6N8O4S2. The summed E-state index contributed by atoms with van der Waals surface area (Å²) in [7, 11) is -7.82. The van der Waals surface area contributed by atoms with Crippen LogP contribution in [-0.4, -0.2) is 47.9 Å². The summed E-state index contributed by atoms with van der Waals surface area (Å²) in [5, 5.41) is 21.6. The first kappa shape index (κ1) is 40.7. The number of aromatic nitrogens is 5. The zero-order chi connectivity index (χ0) is 40.2. The van der Waals surface area contributed by atoms with Crippen LogP contribution in [0.15, 0.2) is 119 Å². The number of sulfonamides is 2. The first-order valence-electron chi connectivity index (χ1n) is 16.3. The number of H-pyrrole nitrogens is 1. The Bertz CT molecular complexity index is 2810. The molecule has 4 aromatic carbocycles. The van der Waals surface area contributed by atoms with Gasteiger partial charge in [0.25, 0.3) is 0 Å². The molecule has 20 heteroatoms. The van der Waals surface area contributed by atoms with Gasteiger partial charge in [-0.1, -0.05) is 19.6 Å². The van der Waals surface area contributed by atoms with E-state index in [0.29, 0.717) is 11.1 Å². The van der Waals surface area contributed by atoms with Crippen molar-refractivity contribution < 1.29 is 43.2 Å². The van der Waals surface area contributed by atoms with E-state index in [4.69, 9.17) is 10.3 Å². The molecule has 0 atom stereocenters. The first-order valence-corrected chi connectivity index (χ1v) is 19.4. The van der Waals surface area contributed by atoms with Crippen LogP contribution in [0.3, 0.4) is 0 Å². The van der Waals surface area contributed by atoms with Gasteiger partial charge in [-0.05, 0) is 103 Å². The Hall–Kier alpha value is -5.96. The van der Waals surface area contributed by atoms with E-state index in [1.54, 1.807) is 30.5 Å². The topological polar surface area (TPSA) is 184 Å². The molecule has 0 amide bonds. The fourth-order valence-electron chi connectivity index (χ4n) is 6.07. The number of anilines is 1. The number of halogens is 6. The molecule has 7 aromatic rings. The summed E-state index contributed by atoms with van der Waals surface area (Å²) in [6, 6.07) is 24.7. The van der Waals surface area contributed by atoms with Crippen molar-refractivity contribution in [3.8, 4) is 33.9 Å². The van der Waals surface area contributed by atoms with Gasteiger partial charge in [0.05, 0.1) is 32.6 Å².